The summed E-state index contributed by atoms with van der Waals surface area (Å²) in [4.78, 5) is 11.9. The molecular formula is C18H21NO3. The zero-order chi connectivity index (χ0) is 15.9. The Morgan fingerprint density at radius 1 is 1.05 bits per heavy atom. The molecule has 116 valence electrons. The average molecular weight is 299 g/mol. The third-order valence-electron chi connectivity index (χ3n) is 3.45. The third-order valence-corrected chi connectivity index (χ3v) is 3.45. The van der Waals surface area contributed by atoms with Crippen molar-refractivity contribution in [3.63, 3.8) is 0 Å². The van der Waals surface area contributed by atoms with Crippen LogP contribution >= 0.6 is 0 Å². The number of anilines is 1. The summed E-state index contributed by atoms with van der Waals surface area (Å²) >= 11 is 0. The summed E-state index contributed by atoms with van der Waals surface area (Å²) in [5, 5.41) is 2.87. The van der Waals surface area contributed by atoms with Crippen molar-refractivity contribution in [3.05, 3.63) is 53.6 Å². The van der Waals surface area contributed by atoms with Crippen molar-refractivity contribution in [1.29, 1.82) is 0 Å². The molecule has 0 aliphatic carbocycles. The molecule has 4 heteroatoms. The van der Waals surface area contributed by atoms with Gasteiger partial charge in [0.15, 0.2) is 11.5 Å². The van der Waals surface area contributed by atoms with E-state index in [1.165, 1.54) is 5.56 Å². The van der Waals surface area contributed by atoms with E-state index < -0.39 is 0 Å². The van der Waals surface area contributed by atoms with Gasteiger partial charge in [0.05, 0.1) is 20.1 Å². The molecule has 0 unspecified atom stereocenters. The van der Waals surface area contributed by atoms with Gasteiger partial charge < -0.3 is 14.8 Å². The highest BCUT2D eigenvalue weighted by Gasteiger charge is 2.06. The normalized spacial score (nSPS) is 10.1. The van der Waals surface area contributed by atoms with Crippen LogP contribution in [-0.2, 0) is 4.79 Å². The van der Waals surface area contributed by atoms with E-state index in [0.29, 0.717) is 18.1 Å². The summed E-state index contributed by atoms with van der Waals surface area (Å²) in [6, 6.07) is 13.3. The standard InChI is InChI=1S/C18H21NO3/c1-13-8-9-15(12-14(13)2)19-18(20)10-11-22-17-7-5-4-6-16(17)21-3/h4-9,12H,10-11H2,1-3H3,(H,19,20). The van der Waals surface area contributed by atoms with Gasteiger partial charge in [-0.25, -0.2) is 0 Å². The molecule has 0 fully saturated rings. The van der Waals surface area contributed by atoms with Gasteiger partial charge in [-0.3, -0.25) is 4.79 Å². The number of carbonyl (C=O) groups is 1. The Bertz CT molecular complexity index is 653. The van der Waals surface area contributed by atoms with Gasteiger partial charge in [-0.05, 0) is 49.2 Å². The predicted molar refractivity (Wildman–Crippen MR) is 87.7 cm³/mol. The number of para-hydroxylation sites is 2. The van der Waals surface area contributed by atoms with E-state index >= 15 is 0 Å². The van der Waals surface area contributed by atoms with E-state index in [4.69, 9.17) is 9.47 Å². The van der Waals surface area contributed by atoms with Crippen LogP contribution in [-0.4, -0.2) is 19.6 Å². The van der Waals surface area contributed by atoms with Gasteiger partial charge in [0.1, 0.15) is 0 Å². The average Bonchev–Trinajstić information content (AvgIpc) is 2.51. The smallest absolute Gasteiger partial charge is 0.227 e. The molecule has 0 aliphatic rings. The first-order valence-corrected chi connectivity index (χ1v) is 7.23. The number of rotatable bonds is 6. The van der Waals surface area contributed by atoms with E-state index in [1.807, 2.05) is 56.3 Å². The lowest BCUT2D eigenvalue weighted by molar-refractivity contribution is -0.116. The number of hydrogen-bond acceptors (Lipinski definition) is 3. The van der Waals surface area contributed by atoms with E-state index in [1.54, 1.807) is 7.11 Å². The molecule has 1 N–H and O–H groups in total. The van der Waals surface area contributed by atoms with Crippen molar-refractivity contribution in [2.75, 3.05) is 19.0 Å². The first-order valence-electron chi connectivity index (χ1n) is 7.23. The highest BCUT2D eigenvalue weighted by Crippen LogP contribution is 2.25. The summed E-state index contributed by atoms with van der Waals surface area (Å²) in [5.41, 5.74) is 3.17. The number of carbonyl (C=O) groups excluding carboxylic acids is 1. The maximum absolute atomic E-state index is 11.9. The van der Waals surface area contributed by atoms with Gasteiger partial charge >= 0.3 is 0 Å². The fraction of sp³-hybridized carbons (Fsp3) is 0.278. The van der Waals surface area contributed by atoms with E-state index in [0.717, 1.165) is 11.3 Å². The van der Waals surface area contributed by atoms with Crippen LogP contribution in [0.25, 0.3) is 0 Å². The number of ether oxygens (including phenoxy) is 2. The largest absolute Gasteiger partial charge is 0.493 e. The van der Waals surface area contributed by atoms with Crippen LogP contribution in [0.5, 0.6) is 11.5 Å². The third kappa shape index (κ3) is 4.25. The molecule has 0 spiro atoms. The molecule has 0 saturated heterocycles. The van der Waals surface area contributed by atoms with Crippen LogP contribution in [0.1, 0.15) is 17.5 Å². The van der Waals surface area contributed by atoms with Crippen molar-refractivity contribution in [1.82, 2.24) is 0 Å². The SMILES string of the molecule is COc1ccccc1OCCC(=O)Nc1ccc(C)c(C)c1. The fourth-order valence-corrected chi connectivity index (χ4v) is 2.03. The highest BCUT2D eigenvalue weighted by molar-refractivity contribution is 5.90. The van der Waals surface area contributed by atoms with E-state index in [9.17, 15) is 4.79 Å². The molecule has 0 heterocycles. The van der Waals surface area contributed by atoms with Crippen molar-refractivity contribution in [2.24, 2.45) is 0 Å². The number of nitrogens with one attached hydrogen (secondary N) is 1. The molecule has 0 atom stereocenters. The van der Waals surface area contributed by atoms with Gasteiger partial charge in [0.25, 0.3) is 0 Å². The van der Waals surface area contributed by atoms with Crippen LogP contribution in [0.15, 0.2) is 42.5 Å². The topological polar surface area (TPSA) is 47.6 Å². The first kappa shape index (κ1) is 15.9. The van der Waals surface area contributed by atoms with E-state index in [-0.39, 0.29) is 12.3 Å². The fourth-order valence-electron chi connectivity index (χ4n) is 2.03. The monoisotopic (exact) mass is 299 g/mol. The quantitative estimate of drug-likeness (QED) is 0.884. The molecule has 0 aliphatic heterocycles. The number of hydrogen-bond donors (Lipinski definition) is 1. The Hall–Kier alpha value is -2.49. The highest BCUT2D eigenvalue weighted by atomic mass is 16.5. The Morgan fingerprint density at radius 3 is 2.45 bits per heavy atom. The molecule has 2 rings (SSSR count). The first-order chi connectivity index (χ1) is 10.6. The maximum atomic E-state index is 11.9. The van der Waals surface area contributed by atoms with Gasteiger partial charge in [-0.15, -0.1) is 0 Å². The summed E-state index contributed by atoms with van der Waals surface area (Å²) in [5.74, 6) is 1.24. The van der Waals surface area contributed by atoms with Gasteiger partial charge in [0, 0.05) is 5.69 Å². The number of benzene rings is 2. The zero-order valence-corrected chi connectivity index (χ0v) is 13.2. The Labute approximate surface area is 131 Å². The zero-order valence-electron chi connectivity index (χ0n) is 13.2. The molecule has 0 radical (unpaired) electrons. The number of aryl methyl sites for hydroxylation is 2. The lowest BCUT2D eigenvalue weighted by atomic mass is 10.1. The lowest BCUT2D eigenvalue weighted by Gasteiger charge is -2.11. The minimum atomic E-state index is -0.0712. The van der Waals surface area contributed by atoms with Gasteiger partial charge in [0.2, 0.25) is 5.91 Å². The Morgan fingerprint density at radius 2 is 1.77 bits per heavy atom. The van der Waals surface area contributed by atoms with Crippen molar-refractivity contribution in [2.45, 2.75) is 20.3 Å². The molecule has 1 amide bonds. The van der Waals surface area contributed by atoms with Crippen molar-refractivity contribution < 1.29 is 14.3 Å². The minimum Gasteiger partial charge on any atom is -0.493 e. The summed E-state index contributed by atoms with van der Waals surface area (Å²) in [6.07, 6.45) is 0.283. The Balaban J connectivity index is 1.84. The second-order valence-electron chi connectivity index (χ2n) is 5.10. The second-order valence-corrected chi connectivity index (χ2v) is 5.10. The molecule has 0 bridgehead atoms. The molecule has 2 aromatic rings. The van der Waals surface area contributed by atoms with Crippen LogP contribution in [0.3, 0.4) is 0 Å². The van der Waals surface area contributed by atoms with E-state index in [2.05, 4.69) is 5.32 Å². The molecule has 0 aromatic heterocycles. The number of methoxy groups -OCH3 is 1. The number of amides is 1. The van der Waals surface area contributed by atoms with Crippen LogP contribution < -0.4 is 14.8 Å². The van der Waals surface area contributed by atoms with Crippen LogP contribution in [0, 0.1) is 13.8 Å². The summed E-state index contributed by atoms with van der Waals surface area (Å²) in [6.45, 7) is 4.37. The second kappa shape index (κ2) is 7.50. The lowest BCUT2D eigenvalue weighted by Crippen LogP contribution is -2.15. The molecular weight excluding hydrogens is 278 g/mol. The summed E-state index contributed by atoms with van der Waals surface area (Å²) < 4.78 is 10.8. The maximum Gasteiger partial charge on any atom is 0.227 e. The van der Waals surface area contributed by atoms with Gasteiger partial charge in [-0.2, -0.15) is 0 Å². The van der Waals surface area contributed by atoms with Gasteiger partial charge in [-0.1, -0.05) is 18.2 Å². The molecule has 22 heavy (non-hydrogen) atoms. The van der Waals surface area contributed by atoms with Crippen LogP contribution in [0.2, 0.25) is 0 Å². The van der Waals surface area contributed by atoms with Crippen molar-refractivity contribution in [3.8, 4) is 11.5 Å². The van der Waals surface area contributed by atoms with Crippen LogP contribution in [0.4, 0.5) is 5.69 Å². The van der Waals surface area contributed by atoms with Crippen molar-refractivity contribution >= 4 is 11.6 Å². The minimum absolute atomic E-state index is 0.0712. The molecule has 2 aromatic carbocycles. The predicted octanol–water partition coefficient (Wildman–Crippen LogP) is 3.72. The molecule has 4 nitrogen and oxygen atoms in total. The Kier molecular flexibility index (Phi) is 5.42. The molecule has 0 saturated carbocycles. The summed E-state index contributed by atoms with van der Waals surface area (Å²) in [7, 11) is 1.59.